The van der Waals surface area contributed by atoms with Crippen molar-refractivity contribution in [3.63, 3.8) is 0 Å². The highest BCUT2D eigenvalue weighted by Gasteiger charge is 2.29. The first-order chi connectivity index (χ1) is 9.04. The molecule has 112 valence electrons. The predicted octanol–water partition coefficient (Wildman–Crippen LogP) is 2.84. The first kappa shape index (κ1) is 16.7. The van der Waals surface area contributed by atoms with Gasteiger partial charge in [-0.15, -0.1) is 0 Å². The monoisotopic (exact) mass is 321 g/mol. The summed E-state index contributed by atoms with van der Waals surface area (Å²) in [6.07, 6.45) is 0. The fourth-order valence-electron chi connectivity index (χ4n) is 1.32. The van der Waals surface area contributed by atoms with E-state index in [0.29, 0.717) is 0 Å². The van der Waals surface area contributed by atoms with Crippen LogP contribution in [-0.2, 0) is 9.84 Å². The lowest BCUT2D eigenvalue weighted by Gasteiger charge is -2.19. The van der Waals surface area contributed by atoms with Crippen LogP contribution in [0.1, 0.15) is 20.8 Å². The molecule has 0 aliphatic heterocycles. The molecule has 0 fully saturated rings. The van der Waals surface area contributed by atoms with Crippen molar-refractivity contribution >= 4 is 27.1 Å². The smallest absolute Gasteiger partial charge is 0.311 e. The number of benzene rings is 1. The van der Waals surface area contributed by atoms with Crippen molar-refractivity contribution in [1.29, 1.82) is 0 Å². The van der Waals surface area contributed by atoms with Gasteiger partial charge in [0, 0.05) is 17.2 Å². The third-order valence-electron chi connectivity index (χ3n) is 2.66. The van der Waals surface area contributed by atoms with Crippen LogP contribution in [0, 0.1) is 10.1 Å². The Labute approximate surface area is 122 Å². The molecule has 0 heterocycles. The van der Waals surface area contributed by atoms with Crippen LogP contribution in [0.3, 0.4) is 0 Å². The maximum atomic E-state index is 11.9. The molecule has 0 aromatic heterocycles. The van der Waals surface area contributed by atoms with Crippen LogP contribution in [0.15, 0.2) is 18.2 Å². The number of rotatable bonds is 5. The van der Waals surface area contributed by atoms with Gasteiger partial charge in [0.15, 0.2) is 15.6 Å². The Hall–Kier alpha value is -1.34. The normalized spacial score (nSPS) is 12.2. The minimum atomic E-state index is -3.34. The average Bonchev–Trinajstić information content (AvgIpc) is 2.26. The van der Waals surface area contributed by atoms with Crippen molar-refractivity contribution in [2.45, 2.75) is 25.5 Å². The van der Waals surface area contributed by atoms with Crippen molar-refractivity contribution in [3.05, 3.63) is 33.3 Å². The Balaban J connectivity index is 2.82. The van der Waals surface area contributed by atoms with E-state index in [-0.39, 0.29) is 28.8 Å². The fourth-order valence-corrected chi connectivity index (χ4v) is 2.40. The molecule has 1 aromatic carbocycles. The molecule has 0 aliphatic rings. The van der Waals surface area contributed by atoms with Crippen LogP contribution >= 0.6 is 11.6 Å². The molecule has 0 radical (unpaired) electrons. The molecular weight excluding hydrogens is 306 g/mol. The molecule has 0 atom stereocenters. The first-order valence-corrected chi connectivity index (χ1v) is 7.86. The van der Waals surface area contributed by atoms with Crippen molar-refractivity contribution in [1.82, 2.24) is 0 Å². The van der Waals surface area contributed by atoms with Crippen LogP contribution in [0.25, 0.3) is 0 Å². The third-order valence-corrected chi connectivity index (χ3v) is 5.47. The van der Waals surface area contributed by atoms with Gasteiger partial charge in [0.05, 0.1) is 15.4 Å². The highest BCUT2D eigenvalue weighted by atomic mass is 35.5. The summed E-state index contributed by atoms with van der Waals surface area (Å²) in [6, 6.07) is 3.89. The molecular formula is C12H16ClNO5S. The summed E-state index contributed by atoms with van der Waals surface area (Å²) in [6.45, 7) is 4.60. The molecule has 0 unspecified atom stereocenters. The van der Waals surface area contributed by atoms with Gasteiger partial charge in [-0.3, -0.25) is 10.1 Å². The van der Waals surface area contributed by atoms with Crippen molar-refractivity contribution < 1.29 is 18.1 Å². The quantitative estimate of drug-likeness (QED) is 0.614. The Morgan fingerprint density at radius 3 is 2.45 bits per heavy atom. The minimum Gasteiger partial charge on any atom is -0.486 e. The second kappa shape index (κ2) is 5.97. The van der Waals surface area contributed by atoms with Gasteiger partial charge < -0.3 is 4.74 Å². The Bertz CT molecular complexity index is 607. The topological polar surface area (TPSA) is 86.5 Å². The third kappa shape index (κ3) is 4.08. The van der Waals surface area contributed by atoms with Crippen LogP contribution < -0.4 is 4.74 Å². The minimum absolute atomic E-state index is 0.0355. The van der Waals surface area contributed by atoms with Gasteiger partial charge in [0.1, 0.15) is 6.61 Å². The summed E-state index contributed by atoms with van der Waals surface area (Å²) >= 11 is 5.74. The molecule has 0 saturated heterocycles. The molecule has 0 aliphatic carbocycles. The van der Waals surface area contributed by atoms with E-state index in [1.807, 2.05) is 0 Å². The van der Waals surface area contributed by atoms with E-state index in [1.165, 1.54) is 18.2 Å². The van der Waals surface area contributed by atoms with Crippen LogP contribution in [0.5, 0.6) is 5.75 Å². The lowest BCUT2D eigenvalue weighted by atomic mass is 10.3. The van der Waals surface area contributed by atoms with E-state index in [2.05, 4.69) is 0 Å². The van der Waals surface area contributed by atoms with E-state index >= 15 is 0 Å². The Morgan fingerprint density at radius 1 is 1.35 bits per heavy atom. The lowest BCUT2D eigenvalue weighted by molar-refractivity contribution is -0.385. The molecule has 0 bridgehead atoms. The van der Waals surface area contributed by atoms with E-state index in [1.54, 1.807) is 20.8 Å². The van der Waals surface area contributed by atoms with Crippen LogP contribution in [-0.4, -0.2) is 30.4 Å². The van der Waals surface area contributed by atoms with Crippen LogP contribution in [0.4, 0.5) is 5.69 Å². The standard InChI is InChI=1S/C12H16ClNO5S/c1-12(2,3)20(17,18)7-6-19-11-8-9(13)4-5-10(11)14(15)16/h4-5,8H,6-7H2,1-3H3. The van der Waals surface area contributed by atoms with Gasteiger partial charge in [-0.25, -0.2) is 8.42 Å². The molecule has 0 spiro atoms. The SMILES string of the molecule is CC(C)(C)S(=O)(=O)CCOc1cc(Cl)ccc1[N+](=O)[O-]. The summed E-state index contributed by atoms with van der Waals surface area (Å²) in [5.41, 5.74) is -0.248. The molecule has 1 aromatic rings. The second-order valence-corrected chi connectivity index (χ2v) is 8.45. The van der Waals surface area contributed by atoms with Crippen molar-refractivity contribution in [2.75, 3.05) is 12.4 Å². The number of nitro benzene ring substituents is 1. The molecule has 0 saturated carbocycles. The summed E-state index contributed by atoms with van der Waals surface area (Å²) in [4.78, 5) is 10.2. The zero-order valence-electron chi connectivity index (χ0n) is 11.4. The van der Waals surface area contributed by atoms with Gasteiger partial charge in [-0.1, -0.05) is 11.6 Å². The van der Waals surface area contributed by atoms with Gasteiger partial charge in [-0.2, -0.15) is 0 Å². The highest BCUT2D eigenvalue weighted by Crippen LogP contribution is 2.30. The van der Waals surface area contributed by atoms with Crippen LogP contribution in [0.2, 0.25) is 5.02 Å². The van der Waals surface area contributed by atoms with E-state index in [4.69, 9.17) is 16.3 Å². The number of halogens is 1. The maximum absolute atomic E-state index is 11.9. The van der Waals surface area contributed by atoms with Crippen molar-refractivity contribution in [3.8, 4) is 5.75 Å². The summed E-state index contributed by atoms with van der Waals surface area (Å²) in [5, 5.41) is 11.1. The highest BCUT2D eigenvalue weighted by molar-refractivity contribution is 7.92. The van der Waals surface area contributed by atoms with E-state index in [0.717, 1.165) is 0 Å². The zero-order valence-corrected chi connectivity index (χ0v) is 13.0. The van der Waals surface area contributed by atoms with E-state index in [9.17, 15) is 18.5 Å². The van der Waals surface area contributed by atoms with Crippen molar-refractivity contribution in [2.24, 2.45) is 0 Å². The fraction of sp³-hybridized carbons (Fsp3) is 0.500. The largest absolute Gasteiger partial charge is 0.486 e. The molecule has 1 rings (SSSR count). The lowest BCUT2D eigenvalue weighted by Crippen LogP contribution is -2.32. The predicted molar refractivity (Wildman–Crippen MR) is 77.1 cm³/mol. The average molecular weight is 322 g/mol. The molecule has 0 amide bonds. The number of hydrogen-bond acceptors (Lipinski definition) is 5. The second-order valence-electron chi connectivity index (χ2n) is 5.15. The number of sulfone groups is 1. The molecule has 0 N–H and O–H groups in total. The maximum Gasteiger partial charge on any atom is 0.311 e. The summed E-state index contributed by atoms with van der Waals surface area (Å²) in [5.74, 6) is -0.258. The summed E-state index contributed by atoms with van der Waals surface area (Å²) in [7, 11) is -3.34. The Kier molecular flexibility index (Phi) is 4.99. The molecule has 20 heavy (non-hydrogen) atoms. The van der Waals surface area contributed by atoms with E-state index < -0.39 is 19.5 Å². The van der Waals surface area contributed by atoms with Gasteiger partial charge in [0.2, 0.25) is 0 Å². The van der Waals surface area contributed by atoms with Gasteiger partial charge in [0.25, 0.3) is 0 Å². The molecule has 8 heteroatoms. The van der Waals surface area contributed by atoms with Gasteiger partial charge >= 0.3 is 5.69 Å². The molecule has 6 nitrogen and oxygen atoms in total. The number of hydrogen-bond donors (Lipinski definition) is 0. The first-order valence-electron chi connectivity index (χ1n) is 5.83. The number of nitro groups is 1. The Morgan fingerprint density at radius 2 is 1.95 bits per heavy atom. The number of nitrogens with zero attached hydrogens (tertiary/aromatic N) is 1. The number of ether oxygens (including phenoxy) is 1. The van der Waals surface area contributed by atoms with Gasteiger partial charge in [-0.05, 0) is 26.8 Å². The zero-order chi connectivity index (χ0) is 15.6. The summed E-state index contributed by atoms with van der Waals surface area (Å²) < 4.78 is 28.1.